The van der Waals surface area contributed by atoms with Crippen LogP contribution in [0, 0.1) is 0 Å². The lowest BCUT2D eigenvalue weighted by molar-refractivity contribution is -0.114. The minimum absolute atomic E-state index is 0.117. The Hall–Kier alpha value is -3.13. The lowest BCUT2D eigenvalue weighted by Crippen LogP contribution is -2.21. The molecule has 0 unspecified atom stereocenters. The van der Waals surface area contributed by atoms with E-state index in [0.717, 1.165) is 0 Å². The Bertz CT molecular complexity index is 1060. The maximum absolute atomic E-state index is 12.4. The van der Waals surface area contributed by atoms with E-state index in [1.807, 2.05) is 6.07 Å². The molecule has 0 saturated carbocycles. The van der Waals surface area contributed by atoms with Gasteiger partial charge in [0.25, 0.3) is 5.56 Å². The van der Waals surface area contributed by atoms with E-state index in [1.54, 1.807) is 49.5 Å². The Kier molecular flexibility index (Phi) is 5.56. The van der Waals surface area contributed by atoms with Gasteiger partial charge in [-0.2, -0.15) is 0 Å². The van der Waals surface area contributed by atoms with E-state index in [0.29, 0.717) is 27.4 Å². The van der Waals surface area contributed by atoms with Gasteiger partial charge in [-0.25, -0.2) is 4.98 Å². The molecule has 2 amide bonds. The van der Waals surface area contributed by atoms with E-state index in [9.17, 15) is 14.4 Å². The molecule has 8 heteroatoms. The lowest BCUT2D eigenvalue weighted by atomic mass is 10.2. The van der Waals surface area contributed by atoms with Gasteiger partial charge >= 0.3 is 0 Å². The smallest absolute Gasteiger partial charge is 0.261 e. The number of nitrogens with one attached hydrogen (secondary N) is 2. The molecule has 0 bridgehead atoms. The van der Waals surface area contributed by atoms with Crippen molar-refractivity contribution in [3.8, 4) is 0 Å². The number of hydrogen-bond donors (Lipinski definition) is 2. The van der Waals surface area contributed by atoms with Gasteiger partial charge in [-0.15, -0.1) is 0 Å². The molecule has 3 aromatic rings. The van der Waals surface area contributed by atoms with Gasteiger partial charge in [-0.1, -0.05) is 23.9 Å². The van der Waals surface area contributed by atoms with Crippen molar-refractivity contribution in [3.63, 3.8) is 0 Å². The summed E-state index contributed by atoms with van der Waals surface area (Å²) in [5.41, 5.74) is 1.74. The Labute approximate surface area is 159 Å². The number of thioether (sulfide) groups is 1. The first-order chi connectivity index (χ1) is 12.9. The molecular weight excluding hydrogens is 364 g/mol. The molecule has 0 spiro atoms. The van der Waals surface area contributed by atoms with Gasteiger partial charge in [-0.3, -0.25) is 19.0 Å². The fourth-order valence-electron chi connectivity index (χ4n) is 2.49. The Morgan fingerprint density at radius 2 is 1.67 bits per heavy atom. The number of para-hydroxylation sites is 1. The monoisotopic (exact) mass is 382 g/mol. The SMILES string of the molecule is CC(=O)Nc1ccc(NC(=O)CSc2nc3ccccc3c(=O)n2C)cc1. The molecule has 27 heavy (non-hydrogen) atoms. The summed E-state index contributed by atoms with van der Waals surface area (Å²) in [4.78, 5) is 40.0. The molecule has 1 heterocycles. The summed E-state index contributed by atoms with van der Waals surface area (Å²) in [6.07, 6.45) is 0. The lowest BCUT2D eigenvalue weighted by Gasteiger charge is -2.09. The van der Waals surface area contributed by atoms with Gasteiger partial charge in [0, 0.05) is 25.3 Å². The van der Waals surface area contributed by atoms with Gasteiger partial charge in [-0.05, 0) is 36.4 Å². The highest BCUT2D eigenvalue weighted by molar-refractivity contribution is 7.99. The average Bonchev–Trinajstić information content (AvgIpc) is 2.65. The van der Waals surface area contributed by atoms with Crippen molar-refractivity contribution in [3.05, 3.63) is 58.9 Å². The van der Waals surface area contributed by atoms with Crippen molar-refractivity contribution in [2.45, 2.75) is 12.1 Å². The van der Waals surface area contributed by atoms with E-state index in [2.05, 4.69) is 15.6 Å². The first-order valence-electron chi connectivity index (χ1n) is 8.20. The van der Waals surface area contributed by atoms with E-state index in [4.69, 9.17) is 0 Å². The molecule has 3 rings (SSSR count). The molecule has 0 aliphatic carbocycles. The third-order valence-electron chi connectivity index (χ3n) is 3.76. The van der Waals surface area contributed by atoms with Crippen LogP contribution in [0.3, 0.4) is 0 Å². The van der Waals surface area contributed by atoms with Crippen molar-refractivity contribution in [2.24, 2.45) is 7.05 Å². The summed E-state index contributed by atoms with van der Waals surface area (Å²) in [5.74, 6) is -0.252. The van der Waals surface area contributed by atoms with Crippen molar-refractivity contribution >= 4 is 45.9 Å². The van der Waals surface area contributed by atoms with Crippen molar-refractivity contribution in [2.75, 3.05) is 16.4 Å². The maximum atomic E-state index is 12.4. The van der Waals surface area contributed by atoms with Crippen LogP contribution in [0.1, 0.15) is 6.92 Å². The molecule has 0 radical (unpaired) electrons. The molecule has 0 saturated heterocycles. The Morgan fingerprint density at radius 3 is 2.33 bits per heavy atom. The van der Waals surface area contributed by atoms with E-state index in [1.165, 1.54) is 23.3 Å². The number of fused-ring (bicyclic) bond motifs is 1. The summed E-state index contributed by atoms with van der Waals surface area (Å²) in [5, 5.41) is 6.47. The second-order valence-corrected chi connectivity index (χ2v) is 6.81. The minimum Gasteiger partial charge on any atom is -0.326 e. The molecule has 0 atom stereocenters. The van der Waals surface area contributed by atoms with Gasteiger partial charge in [0.2, 0.25) is 11.8 Å². The van der Waals surface area contributed by atoms with Crippen LogP contribution in [0.4, 0.5) is 11.4 Å². The highest BCUT2D eigenvalue weighted by Crippen LogP contribution is 2.18. The van der Waals surface area contributed by atoms with Crippen LogP contribution in [0.15, 0.2) is 58.5 Å². The van der Waals surface area contributed by atoms with Crippen molar-refractivity contribution in [1.82, 2.24) is 9.55 Å². The highest BCUT2D eigenvalue weighted by Gasteiger charge is 2.11. The minimum atomic E-state index is -0.213. The van der Waals surface area contributed by atoms with Crippen LogP contribution >= 0.6 is 11.8 Å². The Balaban J connectivity index is 1.65. The van der Waals surface area contributed by atoms with E-state index >= 15 is 0 Å². The summed E-state index contributed by atoms with van der Waals surface area (Å²) in [6.45, 7) is 1.43. The summed E-state index contributed by atoms with van der Waals surface area (Å²) in [6, 6.07) is 13.9. The molecule has 1 aromatic heterocycles. The molecule has 138 valence electrons. The number of nitrogens with zero attached hydrogens (tertiary/aromatic N) is 2. The van der Waals surface area contributed by atoms with Gasteiger partial charge in [0.15, 0.2) is 5.16 Å². The quantitative estimate of drug-likeness (QED) is 0.523. The number of carbonyl (C=O) groups excluding carboxylic acids is 2. The number of carbonyl (C=O) groups is 2. The van der Waals surface area contributed by atoms with Crippen LogP contribution in [-0.4, -0.2) is 27.1 Å². The molecule has 2 N–H and O–H groups in total. The zero-order valence-corrected chi connectivity index (χ0v) is 15.7. The first-order valence-corrected chi connectivity index (χ1v) is 9.18. The third-order valence-corrected chi connectivity index (χ3v) is 4.79. The summed E-state index contributed by atoms with van der Waals surface area (Å²) < 4.78 is 1.45. The highest BCUT2D eigenvalue weighted by atomic mass is 32.2. The predicted octanol–water partition coefficient (Wildman–Crippen LogP) is 2.62. The zero-order valence-electron chi connectivity index (χ0n) is 14.9. The number of hydrogen-bond acceptors (Lipinski definition) is 5. The van der Waals surface area contributed by atoms with Crippen LogP contribution in [0.25, 0.3) is 10.9 Å². The van der Waals surface area contributed by atoms with Crippen LogP contribution in [0.5, 0.6) is 0 Å². The zero-order chi connectivity index (χ0) is 19.4. The molecule has 0 aliphatic rings. The summed E-state index contributed by atoms with van der Waals surface area (Å²) >= 11 is 1.20. The van der Waals surface area contributed by atoms with Gasteiger partial charge in [0.1, 0.15) is 0 Å². The maximum Gasteiger partial charge on any atom is 0.261 e. The third kappa shape index (κ3) is 4.53. The van der Waals surface area contributed by atoms with Crippen LogP contribution in [0.2, 0.25) is 0 Å². The number of amides is 2. The molecule has 0 aliphatic heterocycles. The fourth-order valence-corrected chi connectivity index (χ4v) is 3.27. The number of benzene rings is 2. The predicted molar refractivity (Wildman–Crippen MR) is 107 cm³/mol. The average molecular weight is 382 g/mol. The molecule has 2 aromatic carbocycles. The second kappa shape index (κ2) is 8.05. The first kappa shape index (κ1) is 18.7. The van der Waals surface area contributed by atoms with E-state index < -0.39 is 0 Å². The summed E-state index contributed by atoms with van der Waals surface area (Å²) in [7, 11) is 1.64. The standard InChI is InChI=1S/C19H18N4O3S/c1-12(24)20-13-7-9-14(10-8-13)21-17(25)11-27-19-22-16-6-4-3-5-15(16)18(26)23(19)2/h3-10H,11H2,1-2H3,(H,20,24)(H,21,25). The number of aromatic nitrogens is 2. The normalized spacial score (nSPS) is 10.6. The van der Waals surface area contributed by atoms with E-state index in [-0.39, 0.29) is 23.1 Å². The second-order valence-electron chi connectivity index (χ2n) is 5.87. The van der Waals surface area contributed by atoms with Gasteiger partial charge < -0.3 is 10.6 Å². The fraction of sp³-hybridized carbons (Fsp3) is 0.158. The number of rotatable bonds is 5. The molecule has 7 nitrogen and oxygen atoms in total. The largest absolute Gasteiger partial charge is 0.326 e. The number of anilines is 2. The van der Waals surface area contributed by atoms with Crippen molar-refractivity contribution < 1.29 is 9.59 Å². The topological polar surface area (TPSA) is 93.1 Å². The molecular formula is C19H18N4O3S. The van der Waals surface area contributed by atoms with Crippen LogP contribution < -0.4 is 16.2 Å². The van der Waals surface area contributed by atoms with Gasteiger partial charge in [0.05, 0.1) is 16.7 Å². The van der Waals surface area contributed by atoms with Crippen LogP contribution in [-0.2, 0) is 16.6 Å². The Morgan fingerprint density at radius 1 is 1.04 bits per heavy atom. The molecule has 0 fully saturated rings. The van der Waals surface area contributed by atoms with Crippen molar-refractivity contribution in [1.29, 1.82) is 0 Å².